The molecule has 4 rings (SSSR count). The maximum atomic E-state index is 10.1. The van der Waals surface area contributed by atoms with E-state index >= 15 is 0 Å². The van der Waals surface area contributed by atoms with Gasteiger partial charge in [0.2, 0.25) is 0 Å². The third kappa shape index (κ3) is 2.42. The standard InChI is InChI=1S/C21H20N2O3/c1-24-18-8-7-16(19-15-5-3-4-6-17(15)26-20(18)19)21(13-22)11-9-14(10-12-21)23-25-2/h3-9,23H,10-12H2,1-2H3. The molecule has 3 aromatic rings. The van der Waals surface area contributed by atoms with Gasteiger partial charge in [0.1, 0.15) is 5.58 Å². The number of nitrogens with zero attached hydrogens (tertiary/aromatic N) is 1. The fourth-order valence-electron chi connectivity index (χ4n) is 3.84. The molecule has 2 aromatic carbocycles. The molecule has 5 nitrogen and oxygen atoms in total. The Morgan fingerprint density at radius 1 is 1.19 bits per heavy atom. The molecule has 0 spiro atoms. The zero-order valence-corrected chi connectivity index (χ0v) is 14.8. The van der Waals surface area contributed by atoms with Gasteiger partial charge in [-0.3, -0.25) is 10.3 Å². The summed E-state index contributed by atoms with van der Waals surface area (Å²) in [5.41, 5.74) is 5.80. The normalized spacial score (nSPS) is 20.0. The number of hydroxylamine groups is 1. The average molecular weight is 348 g/mol. The van der Waals surface area contributed by atoms with Gasteiger partial charge in [-0.05, 0) is 37.0 Å². The van der Waals surface area contributed by atoms with Crippen LogP contribution >= 0.6 is 0 Å². The highest BCUT2D eigenvalue weighted by Crippen LogP contribution is 2.46. The first-order valence-electron chi connectivity index (χ1n) is 8.60. The molecule has 0 saturated heterocycles. The third-order valence-electron chi connectivity index (χ3n) is 5.19. The van der Waals surface area contributed by atoms with Crippen molar-refractivity contribution in [2.24, 2.45) is 0 Å². The van der Waals surface area contributed by atoms with Gasteiger partial charge in [0, 0.05) is 16.5 Å². The van der Waals surface area contributed by atoms with Crippen molar-refractivity contribution in [3.8, 4) is 11.8 Å². The van der Waals surface area contributed by atoms with Crippen LogP contribution in [0, 0.1) is 11.3 Å². The molecule has 1 aliphatic rings. The van der Waals surface area contributed by atoms with E-state index in [1.165, 1.54) is 0 Å². The van der Waals surface area contributed by atoms with Crippen LogP contribution in [-0.2, 0) is 10.3 Å². The summed E-state index contributed by atoms with van der Waals surface area (Å²) in [5, 5.41) is 12.1. The smallest absolute Gasteiger partial charge is 0.177 e. The number of ether oxygens (including phenoxy) is 1. The number of hydrogen-bond donors (Lipinski definition) is 1. The minimum atomic E-state index is -0.601. The summed E-state index contributed by atoms with van der Waals surface area (Å²) in [7, 11) is 3.23. The lowest BCUT2D eigenvalue weighted by molar-refractivity contribution is 0.112. The number of rotatable bonds is 4. The van der Waals surface area contributed by atoms with Gasteiger partial charge in [-0.15, -0.1) is 0 Å². The molecule has 1 unspecified atom stereocenters. The van der Waals surface area contributed by atoms with E-state index < -0.39 is 5.41 Å². The predicted molar refractivity (Wildman–Crippen MR) is 99.6 cm³/mol. The second kappa shape index (κ2) is 6.40. The van der Waals surface area contributed by atoms with E-state index in [1.54, 1.807) is 14.2 Å². The molecule has 0 amide bonds. The molecule has 5 heteroatoms. The van der Waals surface area contributed by atoms with Gasteiger partial charge in [-0.25, -0.2) is 0 Å². The minimum absolute atomic E-state index is 0.601. The molecule has 0 radical (unpaired) electrons. The average Bonchev–Trinajstić information content (AvgIpc) is 3.08. The molecule has 26 heavy (non-hydrogen) atoms. The summed E-state index contributed by atoms with van der Waals surface area (Å²) in [6.07, 6.45) is 4.14. The van der Waals surface area contributed by atoms with E-state index in [0.717, 1.165) is 34.0 Å². The molecular formula is C21H20N2O3. The van der Waals surface area contributed by atoms with Gasteiger partial charge in [0.15, 0.2) is 11.3 Å². The summed E-state index contributed by atoms with van der Waals surface area (Å²) < 4.78 is 11.6. The summed E-state index contributed by atoms with van der Waals surface area (Å²) in [6, 6.07) is 14.4. The van der Waals surface area contributed by atoms with Crippen LogP contribution in [0.15, 0.2) is 52.6 Å². The number of para-hydroxylation sites is 1. The number of furan rings is 1. The Hall–Kier alpha value is -2.97. The van der Waals surface area contributed by atoms with Crippen molar-refractivity contribution in [1.29, 1.82) is 5.26 Å². The van der Waals surface area contributed by atoms with Gasteiger partial charge < -0.3 is 9.15 Å². The van der Waals surface area contributed by atoms with Crippen LogP contribution in [0.3, 0.4) is 0 Å². The number of nitrogens with one attached hydrogen (secondary N) is 1. The third-order valence-corrected chi connectivity index (χ3v) is 5.19. The van der Waals surface area contributed by atoms with E-state index in [-0.39, 0.29) is 0 Å². The molecule has 0 fully saturated rings. The number of hydrogen-bond acceptors (Lipinski definition) is 5. The van der Waals surface area contributed by atoms with E-state index in [2.05, 4.69) is 17.6 Å². The highest BCUT2D eigenvalue weighted by Gasteiger charge is 2.37. The second-order valence-electron chi connectivity index (χ2n) is 6.55. The van der Waals surface area contributed by atoms with Crippen LogP contribution in [0.1, 0.15) is 24.8 Å². The largest absolute Gasteiger partial charge is 0.493 e. The SMILES string of the molecule is CONC1=CCC(C#N)(c2ccc(OC)c3oc4ccccc4c23)CC1. The van der Waals surface area contributed by atoms with Crippen molar-refractivity contribution in [2.75, 3.05) is 14.2 Å². The Kier molecular flexibility index (Phi) is 4.06. The lowest BCUT2D eigenvalue weighted by Gasteiger charge is -2.31. The van der Waals surface area contributed by atoms with Crippen molar-refractivity contribution >= 4 is 21.9 Å². The topological polar surface area (TPSA) is 67.4 Å². The lowest BCUT2D eigenvalue weighted by Crippen LogP contribution is -2.29. The van der Waals surface area contributed by atoms with Crippen LogP contribution < -0.4 is 10.2 Å². The molecule has 0 bridgehead atoms. The Morgan fingerprint density at radius 3 is 2.73 bits per heavy atom. The van der Waals surface area contributed by atoms with Crippen molar-refractivity contribution in [1.82, 2.24) is 5.48 Å². The van der Waals surface area contributed by atoms with Crippen LogP contribution in [-0.4, -0.2) is 14.2 Å². The maximum Gasteiger partial charge on any atom is 0.177 e. The molecule has 132 valence electrons. The predicted octanol–water partition coefficient (Wildman–Crippen LogP) is 4.57. The monoisotopic (exact) mass is 348 g/mol. The minimum Gasteiger partial charge on any atom is -0.493 e. The van der Waals surface area contributed by atoms with Gasteiger partial charge in [0.25, 0.3) is 0 Å². The first-order chi connectivity index (χ1) is 12.7. The van der Waals surface area contributed by atoms with Gasteiger partial charge >= 0.3 is 0 Å². The van der Waals surface area contributed by atoms with Crippen molar-refractivity contribution in [2.45, 2.75) is 24.7 Å². The molecule has 1 aliphatic carbocycles. The molecule has 1 aromatic heterocycles. The number of nitriles is 1. The number of fused-ring (bicyclic) bond motifs is 3. The van der Waals surface area contributed by atoms with Crippen LogP contribution in [0.25, 0.3) is 21.9 Å². The van der Waals surface area contributed by atoms with Crippen LogP contribution in [0.2, 0.25) is 0 Å². The Morgan fingerprint density at radius 2 is 2.04 bits per heavy atom. The lowest BCUT2D eigenvalue weighted by atomic mass is 9.71. The number of methoxy groups -OCH3 is 1. The molecule has 0 aliphatic heterocycles. The zero-order chi connectivity index (χ0) is 18.1. The summed E-state index contributed by atoms with van der Waals surface area (Å²) in [6.45, 7) is 0. The molecule has 1 heterocycles. The van der Waals surface area contributed by atoms with Gasteiger partial charge in [-0.1, -0.05) is 30.3 Å². The highest BCUT2D eigenvalue weighted by molar-refractivity contribution is 6.09. The fraction of sp³-hybridized carbons (Fsp3) is 0.286. The quantitative estimate of drug-likeness (QED) is 0.699. The van der Waals surface area contributed by atoms with Crippen molar-refractivity contribution in [3.63, 3.8) is 0 Å². The molecule has 1 atom stereocenters. The fourth-order valence-corrected chi connectivity index (χ4v) is 3.84. The summed E-state index contributed by atoms with van der Waals surface area (Å²) >= 11 is 0. The molecular weight excluding hydrogens is 328 g/mol. The van der Waals surface area contributed by atoms with Crippen LogP contribution in [0.4, 0.5) is 0 Å². The van der Waals surface area contributed by atoms with Crippen LogP contribution in [0.5, 0.6) is 5.75 Å². The molecule has 1 N–H and O–H groups in total. The number of benzene rings is 2. The maximum absolute atomic E-state index is 10.1. The van der Waals surface area contributed by atoms with E-state index in [0.29, 0.717) is 24.2 Å². The first kappa shape index (κ1) is 16.5. The highest BCUT2D eigenvalue weighted by atomic mass is 16.6. The zero-order valence-electron chi connectivity index (χ0n) is 14.8. The second-order valence-corrected chi connectivity index (χ2v) is 6.55. The Balaban J connectivity index is 1.95. The van der Waals surface area contributed by atoms with Gasteiger partial charge in [-0.2, -0.15) is 5.26 Å². The van der Waals surface area contributed by atoms with Gasteiger partial charge in [0.05, 0.1) is 25.7 Å². The first-order valence-corrected chi connectivity index (χ1v) is 8.60. The Bertz CT molecular complexity index is 1040. The molecule has 0 saturated carbocycles. The number of allylic oxidation sites excluding steroid dienone is 2. The van der Waals surface area contributed by atoms with Crippen molar-refractivity contribution in [3.05, 3.63) is 53.7 Å². The summed E-state index contributed by atoms with van der Waals surface area (Å²) in [4.78, 5) is 5.00. The van der Waals surface area contributed by atoms with E-state index in [9.17, 15) is 5.26 Å². The van der Waals surface area contributed by atoms with E-state index in [1.807, 2.05) is 36.4 Å². The Labute approximate surface area is 151 Å². The van der Waals surface area contributed by atoms with Crippen molar-refractivity contribution < 1.29 is 14.0 Å². The van der Waals surface area contributed by atoms with E-state index in [4.69, 9.17) is 14.0 Å². The summed E-state index contributed by atoms with van der Waals surface area (Å²) in [5.74, 6) is 0.682.